The molecule has 3 rings (SSSR count). The van der Waals surface area contributed by atoms with E-state index in [-0.39, 0.29) is 10.8 Å². The number of carbonyl (C=O) groups is 1. The van der Waals surface area contributed by atoms with Crippen molar-refractivity contribution in [1.29, 1.82) is 0 Å². The van der Waals surface area contributed by atoms with Gasteiger partial charge in [-0.05, 0) is 67.6 Å². The van der Waals surface area contributed by atoms with Crippen molar-refractivity contribution in [1.82, 2.24) is 4.31 Å². The molecule has 27 heavy (non-hydrogen) atoms. The SMILES string of the molecule is Cc1ccc(CCC(=O)Nc2ccc(S(=O)(=O)N3CCCC3)cc2)cc1Cl. The minimum absolute atomic E-state index is 0.123. The molecule has 0 saturated carbocycles. The maximum absolute atomic E-state index is 12.5. The molecule has 2 aromatic rings. The van der Waals surface area contributed by atoms with E-state index in [0.29, 0.717) is 36.6 Å². The molecular formula is C20H23ClN2O3S. The molecule has 2 aromatic carbocycles. The second kappa shape index (κ2) is 8.42. The summed E-state index contributed by atoms with van der Waals surface area (Å²) >= 11 is 6.10. The molecule has 0 aliphatic carbocycles. The maximum atomic E-state index is 12.5. The number of anilines is 1. The van der Waals surface area contributed by atoms with Crippen LogP contribution in [0.3, 0.4) is 0 Å². The molecule has 0 bridgehead atoms. The Hall–Kier alpha value is -1.89. The predicted octanol–water partition coefficient (Wildman–Crippen LogP) is 4.00. The van der Waals surface area contributed by atoms with Crippen molar-refractivity contribution in [3.8, 4) is 0 Å². The number of aryl methyl sites for hydroxylation is 2. The van der Waals surface area contributed by atoms with Gasteiger partial charge in [0.25, 0.3) is 0 Å². The Labute approximate surface area is 165 Å². The molecule has 7 heteroatoms. The van der Waals surface area contributed by atoms with Crippen LogP contribution in [0, 0.1) is 6.92 Å². The molecule has 0 radical (unpaired) electrons. The highest BCUT2D eigenvalue weighted by Crippen LogP contribution is 2.22. The van der Waals surface area contributed by atoms with Gasteiger partial charge in [-0.2, -0.15) is 4.31 Å². The summed E-state index contributed by atoms with van der Waals surface area (Å²) in [6, 6.07) is 12.1. The summed E-state index contributed by atoms with van der Waals surface area (Å²) in [5, 5.41) is 3.50. The lowest BCUT2D eigenvalue weighted by Gasteiger charge is -2.15. The fourth-order valence-electron chi connectivity index (χ4n) is 3.06. The number of hydrogen-bond acceptors (Lipinski definition) is 3. The number of nitrogens with zero attached hydrogens (tertiary/aromatic N) is 1. The Kier molecular flexibility index (Phi) is 6.19. The van der Waals surface area contributed by atoms with Gasteiger partial charge in [-0.15, -0.1) is 0 Å². The van der Waals surface area contributed by atoms with E-state index in [1.165, 1.54) is 4.31 Å². The van der Waals surface area contributed by atoms with E-state index in [2.05, 4.69) is 5.32 Å². The lowest BCUT2D eigenvalue weighted by molar-refractivity contribution is -0.116. The van der Waals surface area contributed by atoms with Gasteiger partial charge in [-0.3, -0.25) is 4.79 Å². The van der Waals surface area contributed by atoms with Crippen molar-refractivity contribution >= 4 is 33.2 Å². The van der Waals surface area contributed by atoms with Crippen LogP contribution in [-0.2, 0) is 21.2 Å². The monoisotopic (exact) mass is 406 g/mol. The Balaban J connectivity index is 1.57. The van der Waals surface area contributed by atoms with Crippen molar-refractivity contribution in [2.45, 2.75) is 37.5 Å². The van der Waals surface area contributed by atoms with Crippen LogP contribution in [0.15, 0.2) is 47.4 Å². The van der Waals surface area contributed by atoms with E-state index < -0.39 is 10.0 Å². The molecule has 1 amide bonds. The summed E-state index contributed by atoms with van der Waals surface area (Å²) in [6.07, 6.45) is 2.72. The predicted molar refractivity (Wildman–Crippen MR) is 108 cm³/mol. The van der Waals surface area contributed by atoms with Crippen molar-refractivity contribution in [3.63, 3.8) is 0 Å². The molecule has 1 saturated heterocycles. The smallest absolute Gasteiger partial charge is 0.243 e. The number of sulfonamides is 1. The number of nitrogens with one attached hydrogen (secondary N) is 1. The largest absolute Gasteiger partial charge is 0.326 e. The van der Waals surface area contributed by atoms with Crippen LogP contribution in [0.25, 0.3) is 0 Å². The van der Waals surface area contributed by atoms with Crippen LogP contribution in [0.5, 0.6) is 0 Å². The first kappa shape index (κ1) is 19.9. The van der Waals surface area contributed by atoms with Gasteiger partial charge >= 0.3 is 0 Å². The van der Waals surface area contributed by atoms with Crippen LogP contribution >= 0.6 is 11.6 Å². The highest BCUT2D eigenvalue weighted by Gasteiger charge is 2.26. The number of hydrogen-bond donors (Lipinski definition) is 1. The van der Waals surface area contributed by atoms with E-state index in [1.807, 2.05) is 25.1 Å². The zero-order valence-electron chi connectivity index (χ0n) is 15.2. The second-order valence-corrected chi connectivity index (χ2v) is 9.11. The van der Waals surface area contributed by atoms with Gasteiger partial charge in [0.2, 0.25) is 15.9 Å². The second-order valence-electron chi connectivity index (χ2n) is 6.77. The minimum Gasteiger partial charge on any atom is -0.326 e. The van der Waals surface area contributed by atoms with Crippen LogP contribution in [-0.4, -0.2) is 31.7 Å². The molecule has 0 atom stereocenters. The zero-order valence-corrected chi connectivity index (χ0v) is 16.8. The van der Waals surface area contributed by atoms with Crippen LogP contribution in [0.4, 0.5) is 5.69 Å². The standard InChI is InChI=1S/C20H23ClN2O3S/c1-15-4-5-16(14-19(15)21)6-11-20(24)22-17-7-9-18(10-8-17)27(25,26)23-12-2-3-13-23/h4-5,7-10,14H,2-3,6,11-13H2,1H3,(H,22,24). The Morgan fingerprint density at radius 2 is 1.78 bits per heavy atom. The van der Waals surface area contributed by atoms with Crippen molar-refractivity contribution in [2.24, 2.45) is 0 Å². The number of rotatable bonds is 6. The highest BCUT2D eigenvalue weighted by atomic mass is 35.5. The van der Waals surface area contributed by atoms with Gasteiger partial charge in [0, 0.05) is 30.2 Å². The number of benzene rings is 2. The number of halogens is 1. The van der Waals surface area contributed by atoms with Crippen molar-refractivity contribution in [3.05, 3.63) is 58.6 Å². The van der Waals surface area contributed by atoms with Gasteiger partial charge < -0.3 is 5.32 Å². The molecule has 0 aromatic heterocycles. The molecule has 0 spiro atoms. The van der Waals surface area contributed by atoms with Crippen LogP contribution < -0.4 is 5.32 Å². The van der Waals surface area contributed by atoms with E-state index in [0.717, 1.165) is 24.0 Å². The summed E-state index contributed by atoms with van der Waals surface area (Å²) in [5.74, 6) is -0.123. The van der Waals surface area contributed by atoms with Gasteiger partial charge in [-0.25, -0.2) is 8.42 Å². The molecule has 1 fully saturated rings. The Morgan fingerprint density at radius 3 is 2.41 bits per heavy atom. The lowest BCUT2D eigenvalue weighted by atomic mass is 10.1. The lowest BCUT2D eigenvalue weighted by Crippen LogP contribution is -2.27. The topological polar surface area (TPSA) is 66.5 Å². The fraction of sp³-hybridized carbons (Fsp3) is 0.350. The average Bonchev–Trinajstić information content (AvgIpc) is 3.19. The quantitative estimate of drug-likeness (QED) is 0.788. The van der Waals surface area contributed by atoms with E-state index in [9.17, 15) is 13.2 Å². The molecule has 1 aliphatic rings. The highest BCUT2D eigenvalue weighted by molar-refractivity contribution is 7.89. The third-order valence-electron chi connectivity index (χ3n) is 4.72. The van der Waals surface area contributed by atoms with E-state index in [1.54, 1.807) is 24.3 Å². The summed E-state index contributed by atoms with van der Waals surface area (Å²) in [7, 11) is -3.43. The Morgan fingerprint density at radius 1 is 1.11 bits per heavy atom. The minimum atomic E-state index is -3.43. The molecule has 1 aliphatic heterocycles. The normalized spacial score (nSPS) is 15.0. The molecular weight excluding hydrogens is 384 g/mol. The van der Waals surface area contributed by atoms with Gasteiger partial charge in [0.15, 0.2) is 0 Å². The maximum Gasteiger partial charge on any atom is 0.243 e. The first-order valence-corrected chi connectivity index (χ1v) is 10.8. The number of amides is 1. The molecule has 144 valence electrons. The summed E-state index contributed by atoms with van der Waals surface area (Å²) < 4.78 is 26.5. The zero-order chi connectivity index (χ0) is 19.4. The van der Waals surface area contributed by atoms with Gasteiger partial charge in [0.05, 0.1) is 4.90 Å². The fourth-order valence-corrected chi connectivity index (χ4v) is 4.78. The average molecular weight is 407 g/mol. The summed E-state index contributed by atoms with van der Waals surface area (Å²) in [5.41, 5.74) is 2.60. The van der Waals surface area contributed by atoms with E-state index >= 15 is 0 Å². The summed E-state index contributed by atoms with van der Waals surface area (Å²) in [4.78, 5) is 12.4. The van der Waals surface area contributed by atoms with Gasteiger partial charge in [0.1, 0.15) is 0 Å². The van der Waals surface area contributed by atoms with Gasteiger partial charge in [-0.1, -0.05) is 23.7 Å². The first-order valence-electron chi connectivity index (χ1n) is 9.01. The van der Waals surface area contributed by atoms with Crippen molar-refractivity contribution < 1.29 is 13.2 Å². The first-order chi connectivity index (χ1) is 12.9. The Bertz CT molecular complexity index is 921. The van der Waals surface area contributed by atoms with Crippen molar-refractivity contribution in [2.75, 3.05) is 18.4 Å². The molecule has 1 heterocycles. The van der Waals surface area contributed by atoms with E-state index in [4.69, 9.17) is 11.6 Å². The third-order valence-corrected chi connectivity index (χ3v) is 7.04. The molecule has 0 unspecified atom stereocenters. The van der Waals surface area contributed by atoms with Crippen LogP contribution in [0.1, 0.15) is 30.4 Å². The summed E-state index contributed by atoms with van der Waals surface area (Å²) in [6.45, 7) is 3.08. The van der Waals surface area contributed by atoms with Crippen LogP contribution in [0.2, 0.25) is 5.02 Å². The number of carbonyl (C=O) groups excluding carboxylic acids is 1. The molecule has 5 nitrogen and oxygen atoms in total. The molecule has 1 N–H and O–H groups in total. The third kappa shape index (κ3) is 4.89.